The second-order valence-electron chi connectivity index (χ2n) is 3.03. The molecule has 0 aliphatic heterocycles. The lowest BCUT2D eigenvalue weighted by Gasteiger charge is -2.07. The van der Waals surface area contributed by atoms with Gasteiger partial charge in [0.2, 0.25) is 0 Å². The summed E-state index contributed by atoms with van der Waals surface area (Å²) in [6, 6.07) is 7.39. The number of nitrogens with zero attached hydrogens (tertiary/aromatic N) is 2. The molecule has 0 fully saturated rings. The van der Waals surface area contributed by atoms with Gasteiger partial charge in [-0.3, -0.25) is 4.98 Å². The Morgan fingerprint density at radius 2 is 2.14 bits per heavy atom. The molecule has 0 saturated heterocycles. The normalized spacial score (nSPS) is 12.7. The van der Waals surface area contributed by atoms with Crippen molar-refractivity contribution in [3.05, 3.63) is 46.7 Å². The van der Waals surface area contributed by atoms with E-state index in [1.807, 2.05) is 24.4 Å². The van der Waals surface area contributed by atoms with Crippen LogP contribution in [-0.4, -0.2) is 14.5 Å². The van der Waals surface area contributed by atoms with Gasteiger partial charge in [0.1, 0.15) is 6.10 Å². The van der Waals surface area contributed by atoms with Gasteiger partial charge >= 0.3 is 0 Å². The Hall–Kier alpha value is -1.26. The van der Waals surface area contributed by atoms with Crippen molar-refractivity contribution in [3.8, 4) is 0 Å². The molecule has 1 N–H and O–H groups in total. The van der Waals surface area contributed by atoms with E-state index >= 15 is 0 Å². The van der Waals surface area contributed by atoms with Crippen LogP contribution in [0, 0.1) is 6.92 Å². The number of hydrogen-bond donors (Lipinski definition) is 1. The lowest BCUT2D eigenvalue weighted by molar-refractivity contribution is 0.211. The van der Waals surface area contributed by atoms with Crippen molar-refractivity contribution < 1.29 is 5.11 Å². The van der Waals surface area contributed by atoms with Gasteiger partial charge in [0, 0.05) is 11.1 Å². The molecule has 0 radical (unpaired) electrons. The summed E-state index contributed by atoms with van der Waals surface area (Å²) in [5.74, 6) is 0. The fraction of sp³-hybridized carbons (Fsp3) is 0.200. The summed E-state index contributed by atoms with van der Waals surface area (Å²) in [6.07, 6.45) is -0.707. The van der Waals surface area contributed by atoms with E-state index in [1.165, 1.54) is 11.5 Å². The highest BCUT2D eigenvalue weighted by Crippen LogP contribution is 2.19. The summed E-state index contributed by atoms with van der Waals surface area (Å²) in [6.45, 7) is 1.90. The molecule has 0 bridgehead atoms. The van der Waals surface area contributed by atoms with Gasteiger partial charge in [-0.2, -0.15) is 4.37 Å². The van der Waals surface area contributed by atoms with E-state index in [2.05, 4.69) is 9.36 Å². The molecule has 0 saturated carbocycles. The Morgan fingerprint density at radius 1 is 1.29 bits per heavy atom. The summed E-state index contributed by atoms with van der Waals surface area (Å²) in [7, 11) is 0. The predicted octanol–water partition coefficient (Wildman–Crippen LogP) is 1.93. The molecule has 14 heavy (non-hydrogen) atoms. The fourth-order valence-electron chi connectivity index (χ4n) is 1.23. The van der Waals surface area contributed by atoms with Crippen LogP contribution in [0.2, 0.25) is 0 Å². The zero-order chi connectivity index (χ0) is 9.97. The molecule has 2 heterocycles. The van der Waals surface area contributed by atoms with Gasteiger partial charge in [-0.15, -0.1) is 0 Å². The molecule has 0 spiro atoms. The minimum atomic E-state index is -0.707. The van der Waals surface area contributed by atoms with Crippen LogP contribution >= 0.6 is 11.5 Å². The number of rotatable bonds is 2. The molecule has 3 nitrogen and oxygen atoms in total. The SMILES string of the molecule is Cc1cccc(C(O)c2ccsn2)n1. The molecule has 4 heteroatoms. The quantitative estimate of drug-likeness (QED) is 0.816. The van der Waals surface area contributed by atoms with Crippen LogP contribution in [-0.2, 0) is 0 Å². The van der Waals surface area contributed by atoms with Gasteiger partial charge in [0.25, 0.3) is 0 Å². The molecule has 1 atom stereocenters. The molecule has 0 aliphatic carbocycles. The number of aliphatic hydroxyl groups is 1. The highest BCUT2D eigenvalue weighted by molar-refractivity contribution is 7.03. The number of pyridine rings is 1. The van der Waals surface area contributed by atoms with Crippen LogP contribution in [0.4, 0.5) is 0 Å². The number of hydrogen-bond acceptors (Lipinski definition) is 4. The van der Waals surface area contributed by atoms with Crippen molar-refractivity contribution in [2.75, 3.05) is 0 Å². The number of aromatic nitrogens is 2. The molecule has 2 aromatic heterocycles. The van der Waals surface area contributed by atoms with Gasteiger partial charge in [0.15, 0.2) is 0 Å². The van der Waals surface area contributed by atoms with Crippen molar-refractivity contribution in [2.24, 2.45) is 0 Å². The molecule has 72 valence electrons. The zero-order valence-corrected chi connectivity index (χ0v) is 8.53. The summed E-state index contributed by atoms with van der Waals surface area (Å²) in [4.78, 5) is 4.24. The van der Waals surface area contributed by atoms with Gasteiger partial charge in [-0.05, 0) is 36.7 Å². The highest BCUT2D eigenvalue weighted by Gasteiger charge is 2.13. The molecule has 0 aliphatic rings. The van der Waals surface area contributed by atoms with Gasteiger partial charge in [-0.1, -0.05) is 6.07 Å². The lowest BCUT2D eigenvalue weighted by atomic mass is 10.1. The lowest BCUT2D eigenvalue weighted by Crippen LogP contribution is -2.02. The third kappa shape index (κ3) is 1.81. The van der Waals surface area contributed by atoms with E-state index in [-0.39, 0.29) is 0 Å². The van der Waals surface area contributed by atoms with E-state index in [0.29, 0.717) is 11.4 Å². The minimum absolute atomic E-state index is 0.649. The Balaban J connectivity index is 2.32. The van der Waals surface area contributed by atoms with E-state index in [0.717, 1.165) is 5.69 Å². The summed E-state index contributed by atoms with van der Waals surface area (Å²) >= 11 is 1.33. The Bertz CT molecular complexity index is 414. The van der Waals surface area contributed by atoms with Crippen molar-refractivity contribution in [1.29, 1.82) is 0 Å². The Morgan fingerprint density at radius 3 is 2.79 bits per heavy atom. The van der Waals surface area contributed by atoms with Crippen LogP contribution < -0.4 is 0 Å². The molecule has 0 amide bonds. The summed E-state index contributed by atoms with van der Waals surface area (Å²) in [5.41, 5.74) is 2.21. The predicted molar refractivity (Wildman–Crippen MR) is 55.1 cm³/mol. The van der Waals surface area contributed by atoms with Crippen LogP contribution in [0.5, 0.6) is 0 Å². The van der Waals surface area contributed by atoms with Crippen molar-refractivity contribution in [3.63, 3.8) is 0 Å². The van der Waals surface area contributed by atoms with Crippen LogP contribution in [0.15, 0.2) is 29.6 Å². The average molecular weight is 206 g/mol. The molecule has 1 unspecified atom stereocenters. The smallest absolute Gasteiger partial charge is 0.139 e. The van der Waals surface area contributed by atoms with Crippen molar-refractivity contribution >= 4 is 11.5 Å². The van der Waals surface area contributed by atoms with Crippen LogP contribution in [0.3, 0.4) is 0 Å². The standard InChI is InChI=1S/C10H10N2OS/c1-7-3-2-4-8(11-7)10(13)9-5-6-14-12-9/h2-6,10,13H,1H3. The van der Waals surface area contributed by atoms with E-state index in [9.17, 15) is 5.11 Å². The maximum Gasteiger partial charge on any atom is 0.139 e. The zero-order valence-electron chi connectivity index (χ0n) is 7.71. The first-order chi connectivity index (χ1) is 6.77. The topological polar surface area (TPSA) is 46.0 Å². The maximum atomic E-state index is 9.89. The summed E-state index contributed by atoms with van der Waals surface area (Å²) in [5, 5.41) is 11.7. The fourth-order valence-corrected chi connectivity index (χ4v) is 1.77. The molecule has 0 aromatic carbocycles. The second kappa shape index (κ2) is 3.86. The van der Waals surface area contributed by atoms with Crippen LogP contribution in [0.25, 0.3) is 0 Å². The molecular formula is C10H10N2OS. The maximum absolute atomic E-state index is 9.89. The third-order valence-corrected chi connectivity index (χ3v) is 2.50. The highest BCUT2D eigenvalue weighted by atomic mass is 32.1. The average Bonchev–Trinajstić information content (AvgIpc) is 2.69. The van der Waals surface area contributed by atoms with Crippen LogP contribution in [0.1, 0.15) is 23.2 Å². The Labute approximate surface area is 86.2 Å². The largest absolute Gasteiger partial charge is 0.380 e. The Kier molecular flexibility index (Phi) is 2.56. The van der Waals surface area contributed by atoms with E-state index < -0.39 is 6.10 Å². The van der Waals surface area contributed by atoms with Crippen molar-refractivity contribution in [1.82, 2.24) is 9.36 Å². The second-order valence-corrected chi connectivity index (χ2v) is 3.70. The first-order valence-electron chi connectivity index (χ1n) is 4.29. The van der Waals surface area contributed by atoms with Gasteiger partial charge < -0.3 is 5.11 Å². The first kappa shape index (κ1) is 9.30. The third-order valence-electron chi connectivity index (χ3n) is 1.93. The van der Waals surface area contributed by atoms with Gasteiger partial charge in [0.05, 0.1) is 11.4 Å². The van der Waals surface area contributed by atoms with E-state index in [1.54, 1.807) is 12.1 Å². The molecule has 2 aromatic rings. The number of aliphatic hydroxyl groups excluding tert-OH is 1. The molecular weight excluding hydrogens is 196 g/mol. The molecule has 2 rings (SSSR count). The minimum Gasteiger partial charge on any atom is -0.380 e. The van der Waals surface area contributed by atoms with Crippen molar-refractivity contribution in [2.45, 2.75) is 13.0 Å². The first-order valence-corrected chi connectivity index (χ1v) is 5.13. The number of aryl methyl sites for hydroxylation is 1. The van der Waals surface area contributed by atoms with E-state index in [4.69, 9.17) is 0 Å². The monoisotopic (exact) mass is 206 g/mol. The summed E-state index contributed by atoms with van der Waals surface area (Å²) < 4.78 is 4.07. The van der Waals surface area contributed by atoms with Gasteiger partial charge in [-0.25, -0.2) is 0 Å².